The zero-order chi connectivity index (χ0) is 15.8. The van der Waals surface area contributed by atoms with E-state index in [9.17, 15) is 9.90 Å². The average molecular weight is 310 g/mol. The third-order valence-corrected chi connectivity index (χ3v) is 4.50. The van der Waals surface area contributed by atoms with Crippen LogP contribution in [-0.4, -0.2) is 37.8 Å². The Hall–Kier alpha value is -2.44. The molecule has 2 aromatic heterocycles. The number of nitrogens with one attached hydrogen (secondary N) is 1. The van der Waals surface area contributed by atoms with Crippen molar-refractivity contribution in [3.05, 3.63) is 69.8 Å². The maximum absolute atomic E-state index is 12.1. The Labute approximate surface area is 133 Å². The van der Waals surface area contributed by atoms with E-state index in [-0.39, 0.29) is 18.2 Å². The van der Waals surface area contributed by atoms with E-state index >= 15 is 0 Å². The molecule has 2 N–H and O–H groups in total. The van der Waals surface area contributed by atoms with Gasteiger partial charge in [-0.15, -0.1) is 0 Å². The highest BCUT2D eigenvalue weighted by atomic mass is 16.3. The maximum Gasteiger partial charge on any atom is 0.272 e. The van der Waals surface area contributed by atoms with Crippen LogP contribution in [-0.2, 0) is 13.0 Å². The van der Waals surface area contributed by atoms with E-state index in [1.807, 2.05) is 12.1 Å². The van der Waals surface area contributed by atoms with Crippen molar-refractivity contribution in [2.24, 2.45) is 0 Å². The molecule has 1 aliphatic heterocycles. The number of hydrogen-bond acceptors (Lipinski definition) is 4. The van der Waals surface area contributed by atoms with E-state index in [1.165, 1.54) is 15.6 Å². The molecular weight excluding hydrogens is 292 g/mol. The SMILES string of the molecule is O=c1cc(CN2CCc3ccccc3C2CO)nc2cc[nH]n12. The number of benzene rings is 1. The minimum Gasteiger partial charge on any atom is -0.394 e. The molecule has 3 heterocycles. The van der Waals surface area contributed by atoms with E-state index in [0.29, 0.717) is 12.2 Å². The zero-order valence-electron chi connectivity index (χ0n) is 12.6. The zero-order valence-corrected chi connectivity index (χ0v) is 12.6. The summed E-state index contributed by atoms with van der Waals surface area (Å²) < 4.78 is 1.42. The van der Waals surface area contributed by atoms with Crippen LogP contribution >= 0.6 is 0 Å². The molecule has 0 amide bonds. The van der Waals surface area contributed by atoms with Crippen LogP contribution < -0.4 is 5.56 Å². The second-order valence-corrected chi connectivity index (χ2v) is 5.86. The fourth-order valence-electron chi connectivity index (χ4n) is 3.37. The van der Waals surface area contributed by atoms with Crippen LogP contribution in [0.1, 0.15) is 22.9 Å². The van der Waals surface area contributed by atoms with Crippen LogP contribution in [0.15, 0.2) is 47.4 Å². The molecule has 0 saturated carbocycles. The number of nitrogens with zero attached hydrogens (tertiary/aromatic N) is 3. The van der Waals surface area contributed by atoms with Gasteiger partial charge in [-0.25, -0.2) is 9.50 Å². The second-order valence-electron chi connectivity index (χ2n) is 5.86. The van der Waals surface area contributed by atoms with E-state index in [1.54, 1.807) is 18.3 Å². The Morgan fingerprint density at radius 1 is 1.30 bits per heavy atom. The first-order chi connectivity index (χ1) is 11.3. The fraction of sp³-hybridized carbons (Fsp3) is 0.294. The molecule has 1 aliphatic rings. The molecule has 118 valence electrons. The third-order valence-electron chi connectivity index (χ3n) is 4.50. The molecule has 0 fully saturated rings. The molecular formula is C17H18N4O2. The first-order valence-electron chi connectivity index (χ1n) is 7.75. The Kier molecular flexibility index (Phi) is 3.48. The molecule has 0 bridgehead atoms. The van der Waals surface area contributed by atoms with Gasteiger partial charge >= 0.3 is 0 Å². The van der Waals surface area contributed by atoms with E-state index in [2.05, 4.69) is 27.1 Å². The van der Waals surface area contributed by atoms with Crippen LogP contribution in [0.2, 0.25) is 0 Å². The van der Waals surface area contributed by atoms with E-state index in [0.717, 1.165) is 18.7 Å². The molecule has 6 heteroatoms. The number of aliphatic hydroxyl groups is 1. The Balaban J connectivity index is 1.66. The predicted octanol–water partition coefficient (Wildman–Crippen LogP) is 1.11. The first kappa shape index (κ1) is 14.2. The molecule has 0 aliphatic carbocycles. The summed E-state index contributed by atoms with van der Waals surface area (Å²) in [6, 6.07) is 11.5. The second kappa shape index (κ2) is 5.64. The number of fused-ring (bicyclic) bond motifs is 2. The lowest BCUT2D eigenvalue weighted by atomic mass is 9.93. The highest BCUT2D eigenvalue weighted by Gasteiger charge is 2.26. The van der Waals surface area contributed by atoms with Crippen molar-refractivity contribution in [3.63, 3.8) is 0 Å². The van der Waals surface area contributed by atoms with Crippen LogP contribution in [0, 0.1) is 0 Å². The van der Waals surface area contributed by atoms with Gasteiger partial charge in [-0.3, -0.25) is 14.8 Å². The van der Waals surface area contributed by atoms with Crippen molar-refractivity contribution in [2.45, 2.75) is 19.0 Å². The molecule has 4 rings (SSSR count). The van der Waals surface area contributed by atoms with Crippen molar-refractivity contribution in [3.8, 4) is 0 Å². The molecule has 0 spiro atoms. The van der Waals surface area contributed by atoms with Gasteiger partial charge in [0.15, 0.2) is 5.65 Å². The van der Waals surface area contributed by atoms with Gasteiger partial charge in [0.25, 0.3) is 5.56 Å². The molecule has 1 unspecified atom stereocenters. The number of hydrogen-bond donors (Lipinski definition) is 2. The minimum atomic E-state index is -0.118. The Morgan fingerprint density at radius 2 is 2.17 bits per heavy atom. The summed E-state index contributed by atoms with van der Waals surface area (Å²) in [4.78, 5) is 18.8. The van der Waals surface area contributed by atoms with Crippen LogP contribution in [0.25, 0.3) is 5.65 Å². The standard InChI is InChI=1S/C17H18N4O2/c22-11-15-14-4-2-1-3-12(14)6-8-20(15)10-13-9-17(23)21-16(19-13)5-7-18-21/h1-5,7,9,15,18,22H,6,8,10-11H2. The van der Waals surface area contributed by atoms with Crippen LogP contribution in [0.4, 0.5) is 0 Å². The predicted molar refractivity (Wildman–Crippen MR) is 86.2 cm³/mol. The highest BCUT2D eigenvalue weighted by molar-refractivity contribution is 5.37. The van der Waals surface area contributed by atoms with Gasteiger partial charge in [-0.05, 0) is 17.5 Å². The number of rotatable bonds is 3. The molecule has 1 aromatic carbocycles. The topological polar surface area (TPSA) is 73.6 Å². The number of aromatic nitrogens is 3. The van der Waals surface area contributed by atoms with Gasteiger partial charge in [0, 0.05) is 31.4 Å². The highest BCUT2D eigenvalue weighted by Crippen LogP contribution is 2.30. The minimum absolute atomic E-state index is 0.0496. The number of aliphatic hydroxyl groups excluding tert-OH is 1. The number of aromatic amines is 1. The summed E-state index contributed by atoms with van der Waals surface area (Å²) in [5.74, 6) is 0. The largest absolute Gasteiger partial charge is 0.394 e. The summed E-state index contributed by atoms with van der Waals surface area (Å²) in [6.07, 6.45) is 2.64. The van der Waals surface area contributed by atoms with Gasteiger partial charge < -0.3 is 5.11 Å². The Morgan fingerprint density at radius 3 is 3.04 bits per heavy atom. The summed E-state index contributed by atoms with van der Waals surface area (Å²) >= 11 is 0. The quantitative estimate of drug-likeness (QED) is 0.760. The van der Waals surface area contributed by atoms with Crippen molar-refractivity contribution >= 4 is 5.65 Å². The Bertz CT molecular complexity index is 899. The van der Waals surface area contributed by atoms with Crippen molar-refractivity contribution in [2.75, 3.05) is 13.2 Å². The third kappa shape index (κ3) is 2.46. The van der Waals surface area contributed by atoms with Gasteiger partial charge in [-0.2, -0.15) is 0 Å². The fourth-order valence-corrected chi connectivity index (χ4v) is 3.37. The first-order valence-corrected chi connectivity index (χ1v) is 7.75. The van der Waals surface area contributed by atoms with E-state index in [4.69, 9.17) is 0 Å². The normalized spacial score (nSPS) is 18.2. The lowest BCUT2D eigenvalue weighted by molar-refractivity contribution is 0.107. The van der Waals surface area contributed by atoms with Crippen molar-refractivity contribution < 1.29 is 5.11 Å². The maximum atomic E-state index is 12.1. The molecule has 0 radical (unpaired) electrons. The van der Waals surface area contributed by atoms with Gasteiger partial charge in [0.1, 0.15) is 0 Å². The van der Waals surface area contributed by atoms with Gasteiger partial charge in [0.05, 0.1) is 18.3 Å². The van der Waals surface area contributed by atoms with Crippen molar-refractivity contribution in [1.29, 1.82) is 0 Å². The number of H-pyrrole nitrogens is 1. The van der Waals surface area contributed by atoms with Crippen molar-refractivity contribution in [1.82, 2.24) is 19.5 Å². The van der Waals surface area contributed by atoms with Gasteiger partial charge in [0.2, 0.25) is 0 Å². The summed E-state index contributed by atoms with van der Waals surface area (Å²) in [7, 11) is 0. The molecule has 0 saturated heterocycles. The summed E-state index contributed by atoms with van der Waals surface area (Å²) in [6.45, 7) is 1.45. The summed E-state index contributed by atoms with van der Waals surface area (Å²) in [5.41, 5.74) is 3.68. The lowest BCUT2D eigenvalue weighted by Crippen LogP contribution is -2.37. The average Bonchev–Trinajstić information content (AvgIpc) is 3.04. The molecule has 3 aromatic rings. The summed E-state index contributed by atoms with van der Waals surface area (Å²) in [5, 5.41) is 12.7. The smallest absolute Gasteiger partial charge is 0.272 e. The van der Waals surface area contributed by atoms with Crippen LogP contribution in [0.3, 0.4) is 0 Å². The molecule has 6 nitrogen and oxygen atoms in total. The monoisotopic (exact) mass is 310 g/mol. The molecule has 23 heavy (non-hydrogen) atoms. The molecule has 1 atom stereocenters. The van der Waals surface area contributed by atoms with Gasteiger partial charge in [-0.1, -0.05) is 24.3 Å². The van der Waals surface area contributed by atoms with Crippen LogP contribution in [0.5, 0.6) is 0 Å². The van der Waals surface area contributed by atoms with E-state index < -0.39 is 0 Å². The lowest BCUT2D eigenvalue weighted by Gasteiger charge is -2.36.